The molecule has 0 fully saturated rings. The van der Waals surface area contributed by atoms with Gasteiger partial charge in [-0.1, -0.05) is 12.1 Å². The predicted molar refractivity (Wildman–Crippen MR) is 111 cm³/mol. The van der Waals surface area contributed by atoms with Crippen LogP contribution < -0.4 is 21.1 Å². The predicted octanol–water partition coefficient (Wildman–Crippen LogP) is 1.88. The summed E-state index contributed by atoms with van der Waals surface area (Å²) in [6.07, 6.45) is 0.838. The smallest absolute Gasteiger partial charge is 0.279 e. The molecule has 1 atom stereocenters. The summed E-state index contributed by atoms with van der Waals surface area (Å²) in [6.45, 7) is 4.20. The third kappa shape index (κ3) is 3.89. The van der Waals surface area contributed by atoms with E-state index in [-0.39, 0.29) is 5.56 Å². The van der Waals surface area contributed by atoms with Gasteiger partial charge in [-0.3, -0.25) is 29.8 Å². The summed E-state index contributed by atoms with van der Waals surface area (Å²) in [5.41, 5.74) is 6.45. The number of hydrogen-bond donors (Lipinski definition) is 2. The highest BCUT2D eigenvalue weighted by molar-refractivity contribution is 5.98. The number of fused-ring (bicyclic) bond motifs is 2. The molecule has 2 amide bonds. The van der Waals surface area contributed by atoms with Crippen molar-refractivity contribution >= 4 is 22.7 Å². The molecule has 4 rings (SSSR count). The van der Waals surface area contributed by atoms with Gasteiger partial charge in [0.25, 0.3) is 17.4 Å². The molecule has 0 aliphatic carbocycles. The second kappa shape index (κ2) is 7.98. The van der Waals surface area contributed by atoms with E-state index in [4.69, 9.17) is 4.74 Å². The molecule has 0 bridgehead atoms. The molecule has 2 heterocycles. The van der Waals surface area contributed by atoms with Crippen LogP contribution in [0.1, 0.15) is 35.1 Å². The van der Waals surface area contributed by atoms with Gasteiger partial charge in [-0.25, -0.2) is 4.98 Å². The summed E-state index contributed by atoms with van der Waals surface area (Å²) in [7, 11) is 0. The summed E-state index contributed by atoms with van der Waals surface area (Å²) in [4.78, 5) is 41.7. The van der Waals surface area contributed by atoms with Crippen LogP contribution in [0.4, 0.5) is 0 Å². The van der Waals surface area contributed by atoms with Crippen molar-refractivity contribution in [2.75, 3.05) is 0 Å². The number of aromatic nitrogens is 2. The third-order valence-corrected chi connectivity index (χ3v) is 5.05. The standard InChI is InChI=1S/C22H22N4O4/c1-13-5-3-6-16(11-13)30-14(2)20(27)24-25-21(28)15-8-9-17-18(12-15)23-19-7-4-10-26(19)22(17)29/h3,5-6,8-9,11-12,14H,4,7,10H2,1-2H3,(H,24,27)(H,25,28)/t14-/m1/s1. The number of nitrogens with zero attached hydrogens (tertiary/aromatic N) is 2. The van der Waals surface area contributed by atoms with Gasteiger partial charge in [0.1, 0.15) is 11.6 Å². The lowest BCUT2D eigenvalue weighted by molar-refractivity contribution is -0.128. The number of rotatable bonds is 4. The average Bonchev–Trinajstić information content (AvgIpc) is 3.20. The lowest BCUT2D eigenvalue weighted by Crippen LogP contribution is -2.47. The van der Waals surface area contributed by atoms with Crippen LogP contribution in [0.15, 0.2) is 47.3 Å². The van der Waals surface area contributed by atoms with Gasteiger partial charge in [-0.05, 0) is 56.2 Å². The minimum absolute atomic E-state index is 0.0881. The van der Waals surface area contributed by atoms with Crippen LogP contribution in [0, 0.1) is 6.92 Å². The number of nitrogens with one attached hydrogen (secondary N) is 2. The van der Waals surface area contributed by atoms with Crippen molar-refractivity contribution in [3.63, 3.8) is 0 Å². The lowest BCUT2D eigenvalue weighted by atomic mass is 10.1. The molecule has 0 spiro atoms. The molecule has 0 radical (unpaired) electrons. The number of benzene rings is 2. The molecule has 0 unspecified atom stereocenters. The molecule has 2 aromatic carbocycles. The molecular formula is C22H22N4O4. The minimum Gasteiger partial charge on any atom is -0.481 e. The Hall–Kier alpha value is -3.68. The zero-order valence-electron chi connectivity index (χ0n) is 16.8. The van der Waals surface area contributed by atoms with E-state index >= 15 is 0 Å². The summed E-state index contributed by atoms with van der Waals surface area (Å²) in [6, 6.07) is 12.0. The average molecular weight is 406 g/mol. The molecule has 30 heavy (non-hydrogen) atoms. The molecule has 1 aromatic heterocycles. The van der Waals surface area contributed by atoms with Gasteiger partial charge in [0.05, 0.1) is 10.9 Å². The van der Waals surface area contributed by atoms with Crippen molar-refractivity contribution in [3.05, 3.63) is 69.8 Å². The number of ether oxygens (including phenoxy) is 1. The Morgan fingerprint density at radius 3 is 2.80 bits per heavy atom. The van der Waals surface area contributed by atoms with Gasteiger partial charge in [0.2, 0.25) is 0 Å². The number of carbonyl (C=O) groups excluding carboxylic acids is 2. The molecule has 8 nitrogen and oxygen atoms in total. The SMILES string of the molecule is Cc1cccc(O[C@H](C)C(=O)NNC(=O)c2ccc3c(=O)n4c(nc3c2)CCC4)c1. The van der Waals surface area contributed by atoms with E-state index in [1.807, 2.05) is 25.1 Å². The van der Waals surface area contributed by atoms with Crippen molar-refractivity contribution in [1.82, 2.24) is 20.4 Å². The van der Waals surface area contributed by atoms with Crippen LogP contribution in [0.3, 0.4) is 0 Å². The maximum absolute atomic E-state index is 12.5. The highest BCUT2D eigenvalue weighted by atomic mass is 16.5. The van der Waals surface area contributed by atoms with Crippen molar-refractivity contribution in [2.24, 2.45) is 0 Å². The normalized spacial score (nSPS) is 13.5. The first-order valence-electron chi connectivity index (χ1n) is 9.79. The summed E-state index contributed by atoms with van der Waals surface area (Å²) < 4.78 is 7.28. The van der Waals surface area contributed by atoms with Crippen LogP contribution in [0.25, 0.3) is 10.9 Å². The zero-order valence-corrected chi connectivity index (χ0v) is 16.8. The Bertz CT molecular complexity index is 1200. The Labute approximate surface area is 172 Å². The Balaban J connectivity index is 1.42. The van der Waals surface area contributed by atoms with Gasteiger partial charge in [-0.15, -0.1) is 0 Å². The molecule has 154 valence electrons. The Morgan fingerprint density at radius 2 is 2.00 bits per heavy atom. The summed E-state index contributed by atoms with van der Waals surface area (Å²) >= 11 is 0. The van der Waals surface area contributed by atoms with Crippen molar-refractivity contribution in [3.8, 4) is 5.75 Å². The van der Waals surface area contributed by atoms with E-state index < -0.39 is 17.9 Å². The fourth-order valence-corrected chi connectivity index (χ4v) is 3.46. The highest BCUT2D eigenvalue weighted by Gasteiger charge is 2.18. The van der Waals surface area contributed by atoms with Crippen LogP contribution in [0.5, 0.6) is 5.75 Å². The van der Waals surface area contributed by atoms with Gasteiger partial charge in [0, 0.05) is 18.5 Å². The summed E-state index contributed by atoms with van der Waals surface area (Å²) in [5, 5.41) is 0.474. The molecule has 3 aromatic rings. The van der Waals surface area contributed by atoms with Gasteiger partial charge >= 0.3 is 0 Å². The minimum atomic E-state index is -0.798. The Kier molecular flexibility index (Phi) is 5.22. The van der Waals surface area contributed by atoms with Crippen LogP contribution in [-0.2, 0) is 17.8 Å². The van der Waals surface area contributed by atoms with Crippen molar-refractivity contribution < 1.29 is 14.3 Å². The maximum atomic E-state index is 12.5. The Morgan fingerprint density at radius 1 is 1.17 bits per heavy atom. The zero-order chi connectivity index (χ0) is 21.3. The van der Waals surface area contributed by atoms with Gasteiger partial charge in [0.15, 0.2) is 6.10 Å². The fraction of sp³-hybridized carbons (Fsp3) is 0.273. The highest BCUT2D eigenvalue weighted by Crippen LogP contribution is 2.16. The first kappa shape index (κ1) is 19.6. The lowest BCUT2D eigenvalue weighted by Gasteiger charge is -2.15. The van der Waals surface area contributed by atoms with E-state index in [0.717, 1.165) is 24.2 Å². The number of hydrogen-bond acceptors (Lipinski definition) is 5. The third-order valence-electron chi connectivity index (χ3n) is 5.05. The molecule has 1 aliphatic heterocycles. The molecule has 1 aliphatic rings. The molecule has 8 heteroatoms. The fourth-order valence-electron chi connectivity index (χ4n) is 3.46. The van der Waals surface area contributed by atoms with Crippen LogP contribution in [-0.4, -0.2) is 27.5 Å². The number of aryl methyl sites for hydroxylation is 2. The largest absolute Gasteiger partial charge is 0.481 e. The van der Waals surface area contributed by atoms with E-state index in [0.29, 0.717) is 28.8 Å². The van der Waals surface area contributed by atoms with Gasteiger partial charge in [-0.2, -0.15) is 0 Å². The van der Waals surface area contributed by atoms with E-state index in [1.54, 1.807) is 35.8 Å². The maximum Gasteiger partial charge on any atom is 0.279 e. The van der Waals surface area contributed by atoms with Crippen molar-refractivity contribution in [1.29, 1.82) is 0 Å². The van der Waals surface area contributed by atoms with Gasteiger partial charge < -0.3 is 4.74 Å². The molecule has 0 saturated heterocycles. The van der Waals surface area contributed by atoms with E-state index in [2.05, 4.69) is 15.8 Å². The molecule has 2 N–H and O–H groups in total. The number of carbonyl (C=O) groups is 2. The van der Waals surface area contributed by atoms with Crippen LogP contribution >= 0.6 is 0 Å². The summed E-state index contributed by atoms with van der Waals surface area (Å²) in [5.74, 6) is 0.319. The molecule has 0 saturated carbocycles. The quantitative estimate of drug-likeness (QED) is 0.644. The topological polar surface area (TPSA) is 102 Å². The molecular weight excluding hydrogens is 384 g/mol. The van der Waals surface area contributed by atoms with Crippen molar-refractivity contribution in [2.45, 2.75) is 39.3 Å². The second-order valence-electron chi connectivity index (χ2n) is 7.34. The number of hydrazine groups is 1. The van der Waals surface area contributed by atoms with Crippen LogP contribution in [0.2, 0.25) is 0 Å². The van der Waals surface area contributed by atoms with E-state index in [1.165, 1.54) is 0 Å². The monoisotopic (exact) mass is 406 g/mol. The first-order chi connectivity index (χ1) is 14.4. The van der Waals surface area contributed by atoms with E-state index in [9.17, 15) is 14.4 Å². The number of amides is 2. The second-order valence-corrected chi connectivity index (χ2v) is 7.34. The first-order valence-corrected chi connectivity index (χ1v) is 9.79.